The van der Waals surface area contributed by atoms with E-state index in [4.69, 9.17) is 0 Å². The second kappa shape index (κ2) is 8.75. The van der Waals surface area contributed by atoms with Crippen molar-refractivity contribution in [2.75, 3.05) is 9.80 Å². The summed E-state index contributed by atoms with van der Waals surface area (Å²) >= 11 is 1.02. The van der Waals surface area contributed by atoms with Gasteiger partial charge in [0.15, 0.2) is 10.9 Å². The van der Waals surface area contributed by atoms with Crippen LogP contribution in [0, 0.1) is 11.6 Å². The molecular weight excluding hydrogens is 460 g/mol. The van der Waals surface area contributed by atoms with Gasteiger partial charge in [0, 0.05) is 24.5 Å². The fraction of sp³-hybridized carbons (Fsp3) is 0.120. The molecule has 0 unspecified atom stereocenters. The normalized spacial score (nSPS) is 13.6. The number of amides is 3. The highest BCUT2D eigenvalue weighted by molar-refractivity contribution is 7.22. The number of hydrogen-bond acceptors (Lipinski definition) is 5. The predicted molar refractivity (Wildman–Crippen MR) is 125 cm³/mol. The fourth-order valence-corrected chi connectivity index (χ4v) is 4.83. The van der Waals surface area contributed by atoms with E-state index in [0.717, 1.165) is 27.9 Å². The van der Waals surface area contributed by atoms with Crippen molar-refractivity contribution >= 4 is 50.1 Å². The minimum Gasteiger partial charge on any atom is -0.279 e. The first-order chi connectivity index (χ1) is 16.4. The number of carbonyl (C=O) groups is 3. The fourth-order valence-electron chi connectivity index (χ4n) is 3.83. The first kappa shape index (κ1) is 21.8. The van der Waals surface area contributed by atoms with Crippen molar-refractivity contribution in [2.45, 2.75) is 19.4 Å². The first-order valence-electron chi connectivity index (χ1n) is 10.5. The van der Waals surface area contributed by atoms with E-state index >= 15 is 0 Å². The Kier molecular flexibility index (Phi) is 5.62. The highest BCUT2D eigenvalue weighted by Crippen LogP contribution is 2.33. The Bertz CT molecular complexity index is 1400. The molecule has 34 heavy (non-hydrogen) atoms. The number of thiazole rings is 1. The van der Waals surface area contributed by atoms with E-state index in [1.165, 1.54) is 23.1 Å². The van der Waals surface area contributed by atoms with Gasteiger partial charge in [-0.05, 0) is 35.9 Å². The van der Waals surface area contributed by atoms with Gasteiger partial charge in [0.05, 0.1) is 16.9 Å². The van der Waals surface area contributed by atoms with Crippen molar-refractivity contribution in [3.8, 4) is 0 Å². The quantitative estimate of drug-likeness (QED) is 0.376. The molecule has 1 saturated heterocycles. The predicted octanol–water partition coefficient (Wildman–Crippen LogP) is 5.07. The molecule has 170 valence electrons. The number of halogens is 2. The minimum absolute atomic E-state index is 0.00586. The minimum atomic E-state index is -0.797. The van der Waals surface area contributed by atoms with Crippen LogP contribution >= 0.6 is 11.3 Å². The Morgan fingerprint density at radius 2 is 1.65 bits per heavy atom. The van der Waals surface area contributed by atoms with Gasteiger partial charge in [-0.25, -0.2) is 13.8 Å². The van der Waals surface area contributed by atoms with E-state index in [1.807, 2.05) is 30.3 Å². The molecule has 0 spiro atoms. The smallest absolute Gasteiger partial charge is 0.260 e. The van der Waals surface area contributed by atoms with Gasteiger partial charge in [0.2, 0.25) is 11.8 Å². The first-order valence-corrected chi connectivity index (χ1v) is 11.3. The van der Waals surface area contributed by atoms with Crippen molar-refractivity contribution in [3.05, 3.63) is 89.5 Å². The van der Waals surface area contributed by atoms with Crippen molar-refractivity contribution in [2.24, 2.45) is 0 Å². The van der Waals surface area contributed by atoms with Crippen LogP contribution in [0.15, 0.2) is 66.7 Å². The number of rotatable bonds is 5. The number of anilines is 2. The average Bonchev–Trinajstić information content (AvgIpc) is 3.40. The molecule has 1 aliphatic heterocycles. The summed E-state index contributed by atoms with van der Waals surface area (Å²) in [5.41, 5.74) is 1.51. The molecule has 0 saturated carbocycles. The number of fused-ring (bicyclic) bond motifs is 1. The zero-order valence-electron chi connectivity index (χ0n) is 17.7. The van der Waals surface area contributed by atoms with E-state index in [9.17, 15) is 23.2 Å². The van der Waals surface area contributed by atoms with Gasteiger partial charge in [-0.15, -0.1) is 0 Å². The molecule has 1 fully saturated rings. The Hall–Kier alpha value is -3.98. The maximum absolute atomic E-state index is 14.3. The van der Waals surface area contributed by atoms with Crippen LogP contribution < -0.4 is 9.80 Å². The largest absolute Gasteiger partial charge is 0.279 e. The second-order valence-corrected chi connectivity index (χ2v) is 8.79. The second-order valence-electron chi connectivity index (χ2n) is 7.78. The molecule has 5 rings (SSSR count). The summed E-state index contributed by atoms with van der Waals surface area (Å²) in [4.78, 5) is 44.3. The Labute approximate surface area is 197 Å². The van der Waals surface area contributed by atoms with Gasteiger partial charge in [-0.1, -0.05) is 41.7 Å². The lowest BCUT2D eigenvalue weighted by atomic mass is 10.1. The summed E-state index contributed by atoms with van der Waals surface area (Å²) in [6.45, 7) is 0.161. The van der Waals surface area contributed by atoms with E-state index in [2.05, 4.69) is 4.98 Å². The molecule has 0 aliphatic carbocycles. The molecule has 4 aromatic rings. The van der Waals surface area contributed by atoms with Crippen LogP contribution in [-0.4, -0.2) is 22.7 Å². The van der Waals surface area contributed by atoms with E-state index in [1.54, 1.807) is 12.1 Å². The van der Waals surface area contributed by atoms with Crippen LogP contribution in [0.25, 0.3) is 10.2 Å². The molecule has 0 atom stereocenters. The van der Waals surface area contributed by atoms with Crippen molar-refractivity contribution in [1.82, 2.24) is 4.98 Å². The third-order valence-corrected chi connectivity index (χ3v) is 6.51. The lowest BCUT2D eigenvalue weighted by Gasteiger charge is -2.21. The zero-order valence-corrected chi connectivity index (χ0v) is 18.5. The van der Waals surface area contributed by atoms with Crippen LogP contribution in [0.1, 0.15) is 28.8 Å². The summed E-state index contributed by atoms with van der Waals surface area (Å²) in [5, 5.41) is 0.224. The number of imide groups is 1. The van der Waals surface area contributed by atoms with Gasteiger partial charge in [-0.2, -0.15) is 0 Å². The Morgan fingerprint density at radius 1 is 0.971 bits per heavy atom. The monoisotopic (exact) mass is 477 g/mol. The lowest BCUT2D eigenvalue weighted by molar-refractivity contribution is -0.121. The molecule has 0 radical (unpaired) electrons. The maximum Gasteiger partial charge on any atom is 0.260 e. The number of nitrogens with zero attached hydrogens (tertiary/aromatic N) is 3. The van der Waals surface area contributed by atoms with Crippen LogP contribution in [0.2, 0.25) is 0 Å². The zero-order chi connectivity index (χ0) is 23.8. The summed E-state index contributed by atoms with van der Waals surface area (Å²) in [7, 11) is 0. The molecule has 0 bridgehead atoms. The molecule has 6 nitrogen and oxygen atoms in total. The Morgan fingerprint density at radius 3 is 2.32 bits per heavy atom. The number of benzene rings is 3. The molecule has 1 aliphatic rings. The highest BCUT2D eigenvalue weighted by Gasteiger charge is 2.30. The highest BCUT2D eigenvalue weighted by atomic mass is 32.1. The SMILES string of the molecule is O=C(c1ccc(N2C(=O)CCC2=O)cc1)N(Cc1ccccc1)c1nc2c(F)cc(F)cc2s1. The maximum atomic E-state index is 14.3. The van der Waals surface area contributed by atoms with E-state index < -0.39 is 17.5 Å². The number of hydrogen-bond donors (Lipinski definition) is 0. The molecule has 3 amide bonds. The molecule has 9 heteroatoms. The number of carbonyl (C=O) groups excluding carboxylic acids is 3. The van der Waals surface area contributed by atoms with Gasteiger partial charge in [0.1, 0.15) is 11.3 Å². The molecule has 0 N–H and O–H groups in total. The molecule has 3 aromatic carbocycles. The average molecular weight is 477 g/mol. The third kappa shape index (κ3) is 4.06. The van der Waals surface area contributed by atoms with E-state index in [0.29, 0.717) is 16.0 Å². The molecule has 2 heterocycles. The summed E-state index contributed by atoms with van der Waals surface area (Å²) in [6, 6.07) is 17.3. The lowest BCUT2D eigenvalue weighted by Crippen LogP contribution is -2.31. The standard InChI is InChI=1S/C25H17F2N3O3S/c26-17-12-19(27)23-20(13-17)34-25(28-23)29(14-15-4-2-1-3-5-15)24(33)16-6-8-18(9-7-16)30-21(31)10-11-22(30)32/h1-9,12-13H,10-11,14H2. The summed E-state index contributed by atoms with van der Waals surface area (Å²) in [6.07, 6.45) is 0.332. The summed E-state index contributed by atoms with van der Waals surface area (Å²) in [5.74, 6) is -2.48. The van der Waals surface area contributed by atoms with Crippen molar-refractivity contribution in [1.29, 1.82) is 0 Å². The van der Waals surface area contributed by atoms with Gasteiger partial charge >= 0.3 is 0 Å². The number of aromatic nitrogens is 1. The Balaban J connectivity index is 1.51. The van der Waals surface area contributed by atoms with Crippen LogP contribution in [-0.2, 0) is 16.1 Å². The topological polar surface area (TPSA) is 70.6 Å². The van der Waals surface area contributed by atoms with Crippen LogP contribution in [0.5, 0.6) is 0 Å². The van der Waals surface area contributed by atoms with Crippen LogP contribution in [0.4, 0.5) is 19.6 Å². The van der Waals surface area contributed by atoms with E-state index in [-0.39, 0.29) is 41.8 Å². The van der Waals surface area contributed by atoms with Crippen molar-refractivity contribution < 1.29 is 23.2 Å². The molecular formula is C25H17F2N3O3S. The van der Waals surface area contributed by atoms with Gasteiger partial charge < -0.3 is 0 Å². The van der Waals surface area contributed by atoms with Crippen LogP contribution in [0.3, 0.4) is 0 Å². The third-order valence-electron chi connectivity index (χ3n) is 5.49. The summed E-state index contributed by atoms with van der Waals surface area (Å²) < 4.78 is 28.3. The van der Waals surface area contributed by atoms with Gasteiger partial charge in [-0.3, -0.25) is 24.2 Å². The van der Waals surface area contributed by atoms with Crippen molar-refractivity contribution in [3.63, 3.8) is 0 Å². The molecule has 1 aromatic heterocycles. The van der Waals surface area contributed by atoms with Gasteiger partial charge in [0.25, 0.3) is 5.91 Å².